The molecule has 0 fully saturated rings. The number of phenolic OH excluding ortho intramolecular Hbond substituents is 3. The second-order valence-electron chi connectivity index (χ2n) is 2.74. The first-order valence-corrected chi connectivity index (χ1v) is 4.00. The standard InChI is InChI=1S/C10H12O3/c1-2-3-4-8-9(12)5-7(11)6-10(8)13/h2-3,5-6,11-13H,4H2,1H3. The molecule has 0 saturated carbocycles. The molecule has 0 amide bonds. The lowest BCUT2D eigenvalue weighted by molar-refractivity contribution is 0.421. The van der Waals surface area contributed by atoms with E-state index in [-0.39, 0.29) is 17.2 Å². The Morgan fingerprint density at radius 2 is 1.69 bits per heavy atom. The van der Waals surface area contributed by atoms with E-state index in [2.05, 4.69) is 0 Å². The van der Waals surface area contributed by atoms with Crippen molar-refractivity contribution in [3.8, 4) is 17.2 Å². The van der Waals surface area contributed by atoms with Crippen LogP contribution in [-0.2, 0) is 6.42 Å². The molecule has 1 aromatic rings. The van der Waals surface area contributed by atoms with E-state index in [1.807, 2.05) is 19.1 Å². The van der Waals surface area contributed by atoms with Gasteiger partial charge in [-0.25, -0.2) is 0 Å². The van der Waals surface area contributed by atoms with Crippen LogP contribution in [0.2, 0.25) is 0 Å². The van der Waals surface area contributed by atoms with Gasteiger partial charge in [0, 0.05) is 17.7 Å². The third-order valence-electron chi connectivity index (χ3n) is 1.75. The molecule has 0 aliphatic heterocycles. The van der Waals surface area contributed by atoms with E-state index < -0.39 is 0 Å². The molecule has 0 atom stereocenters. The van der Waals surface area contributed by atoms with Gasteiger partial charge in [-0.2, -0.15) is 0 Å². The van der Waals surface area contributed by atoms with Crippen LogP contribution in [0, 0.1) is 0 Å². The molecule has 0 spiro atoms. The highest BCUT2D eigenvalue weighted by Crippen LogP contribution is 2.32. The first-order chi connectivity index (χ1) is 6.15. The van der Waals surface area contributed by atoms with Crippen molar-refractivity contribution in [2.75, 3.05) is 0 Å². The van der Waals surface area contributed by atoms with Crippen molar-refractivity contribution in [1.82, 2.24) is 0 Å². The van der Waals surface area contributed by atoms with E-state index in [0.717, 1.165) is 0 Å². The lowest BCUT2D eigenvalue weighted by Gasteiger charge is -2.04. The number of rotatable bonds is 2. The normalized spacial score (nSPS) is 10.8. The van der Waals surface area contributed by atoms with Gasteiger partial charge in [-0.1, -0.05) is 12.2 Å². The lowest BCUT2D eigenvalue weighted by Crippen LogP contribution is -1.83. The van der Waals surface area contributed by atoms with E-state index >= 15 is 0 Å². The molecule has 0 aliphatic rings. The zero-order valence-electron chi connectivity index (χ0n) is 7.36. The van der Waals surface area contributed by atoms with Crippen molar-refractivity contribution in [3.05, 3.63) is 29.8 Å². The van der Waals surface area contributed by atoms with Gasteiger partial charge in [0.1, 0.15) is 17.2 Å². The monoisotopic (exact) mass is 180 g/mol. The Balaban J connectivity index is 3.05. The Labute approximate surface area is 76.6 Å². The summed E-state index contributed by atoms with van der Waals surface area (Å²) in [6.07, 6.45) is 4.09. The van der Waals surface area contributed by atoms with Gasteiger partial charge < -0.3 is 15.3 Å². The Bertz CT molecular complexity index is 306. The fourth-order valence-corrected chi connectivity index (χ4v) is 1.07. The molecule has 3 nitrogen and oxygen atoms in total. The molecule has 0 heterocycles. The first kappa shape index (κ1) is 9.45. The number of benzene rings is 1. The number of aromatic hydroxyl groups is 3. The average Bonchev–Trinajstić information content (AvgIpc) is 2.02. The van der Waals surface area contributed by atoms with Gasteiger partial charge in [0.25, 0.3) is 0 Å². The summed E-state index contributed by atoms with van der Waals surface area (Å²) in [5, 5.41) is 27.7. The highest BCUT2D eigenvalue weighted by molar-refractivity contribution is 5.49. The predicted molar refractivity (Wildman–Crippen MR) is 50.0 cm³/mol. The lowest BCUT2D eigenvalue weighted by atomic mass is 10.1. The summed E-state index contributed by atoms with van der Waals surface area (Å²) in [7, 11) is 0. The predicted octanol–water partition coefficient (Wildman–Crippen LogP) is 1.92. The Hall–Kier alpha value is -1.64. The number of hydrogen-bond donors (Lipinski definition) is 3. The van der Waals surface area contributed by atoms with Crippen molar-refractivity contribution >= 4 is 0 Å². The van der Waals surface area contributed by atoms with Crippen LogP contribution >= 0.6 is 0 Å². The second-order valence-corrected chi connectivity index (χ2v) is 2.74. The Kier molecular flexibility index (Phi) is 2.80. The van der Waals surface area contributed by atoms with Gasteiger partial charge in [0.2, 0.25) is 0 Å². The van der Waals surface area contributed by atoms with Crippen LogP contribution in [0.5, 0.6) is 17.2 Å². The van der Waals surface area contributed by atoms with Crippen molar-refractivity contribution < 1.29 is 15.3 Å². The van der Waals surface area contributed by atoms with E-state index in [4.69, 9.17) is 5.11 Å². The minimum atomic E-state index is -0.140. The maximum atomic E-state index is 9.34. The van der Waals surface area contributed by atoms with E-state index in [0.29, 0.717) is 12.0 Å². The van der Waals surface area contributed by atoms with E-state index in [1.165, 1.54) is 12.1 Å². The molecule has 1 rings (SSSR count). The zero-order chi connectivity index (χ0) is 9.84. The molecule has 1 aromatic carbocycles. The smallest absolute Gasteiger partial charge is 0.126 e. The third-order valence-corrected chi connectivity index (χ3v) is 1.75. The topological polar surface area (TPSA) is 60.7 Å². The van der Waals surface area contributed by atoms with Gasteiger partial charge in [-0.15, -0.1) is 0 Å². The van der Waals surface area contributed by atoms with Crippen LogP contribution in [-0.4, -0.2) is 15.3 Å². The van der Waals surface area contributed by atoms with Gasteiger partial charge >= 0.3 is 0 Å². The molecule has 13 heavy (non-hydrogen) atoms. The highest BCUT2D eigenvalue weighted by Gasteiger charge is 2.07. The summed E-state index contributed by atoms with van der Waals surface area (Å²) in [5.74, 6) is -0.314. The number of allylic oxidation sites excluding steroid dienone is 2. The van der Waals surface area contributed by atoms with Gasteiger partial charge in [0.05, 0.1) is 0 Å². The van der Waals surface area contributed by atoms with Crippen molar-refractivity contribution in [3.63, 3.8) is 0 Å². The minimum absolute atomic E-state index is 0.0874. The van der Waals surface area contributed by atoms with Gasteiger partial charge in [-0.05, 0) is 13.3 Å². The highest BCUT2D eigenvalue weighted by atomic mass is 16.3. The molecule has 70 valence electrons. The molecule has 3 N–H and O–H groups in total. The van der Waals surface area contributed by atoms with Crippen LogP contribution in [0.4, 0.5) is 0 Å². The fraction of sp³-hybridized carbons (Fsp3) is 0.200. The maximum Gasteiger partial charge on any atom is 0.126 e. The van der Waals surface area contributed by atoms with Crippen LogP contribution in [0.1, 0.15) is 12.5 Å². The third kappa shape index (κ3) is 2.15. The molecule has 0 aromatic heterocycles. The Morgan fingerprint density at radius 3 is 2.15 bits per heavy atom. The summed E-state index contributed by atoms with van der Waals surface area (Å²) >= 11 is 0. The van der Waals surface area contributed by atoms with Gasteiger partial charge in [0.15, 0.2) is 0 Å². The minimum Gasteiger partial charge on any atom is -0.508 e. The molecule has 3 heteroatoms. The van der Waals surface area contributed by atoms with E-state index in [9.17, 15) is 10.2 Å². The fourth-order valence-electron chi connectivity index (χ4n) is 1.07. The van der Waals surface area contributed by atoms with Crippen molar-refractivity contribution in [1.29, 1.82) is 0 Å². The molecule has 0 aliphatic carbocycles. The maximum absolute atomic E-state index is 9.34. The summed E-state index contributed by atoms with van der Waals surface area (Å²) in [5.41, 5.74) is 0.427. The Morgan fingerprint density at radius 1 is 1.15 bits per heavy atom. The molecule has 0 radical (unpaired) electrons. The van der Waals surface area contributed by atoms with Crippen molar-refractivity contribution in [2.24, 2.45) is 0 Å². The zero-order valence-corrected chi connectivity index (χ0v) is 7.36. The molecule has 0 saturated heterocycles. The van der Waals surface area contributed by atoms with Crippen LogP contribution in [0.15, 0.2) is 24.3 Å². The van der Waals surface area contributed by atoms with Crippen LogP contribution in [0.25, 0.3) is 0 Å². The summed E-state index contributed by atoms with van der Waals surface area (Å²) in [4.78, 5) is 0. The summed E-state index contributed by atoms with van der Waals surface area (Å²) < 4.78 is 0. The molecular formula is C10H12O3. The van der Waals surface area contributed by atoms with E-state index in [1.54, 1.807) is 0 Å². The van der Waals surface area contributed by atoms with Crippen molar-refractivity contribution in [2.45, 2.75) is 13.3 Å². The van der Waals surface area contributed by atoms with Gasteiger partial charge in [-0.3, -0.25) is 0 Å². The second kappa shape index (κ2) is 3.85. The quantitative estimate of drug-likeness (QED) is 0.609. The SMILES string of the molecule is CC=CCc1c(O)cc(O)cc1O. The first-order valence-electron chi connectivity index (χ1n) is 4.00. The summed E-state index contributed by atoms with van der Waals surface area (Å²) in [6.45, 7) is 1.86. The average molecular weight is 180 g/mol. The summed E-state index contributed by atoms with van der Waals surface area (Å²) in [6, 6.07) is 2.41. The van der Waals surface area contributed by atoms with Crippen LogP contribution in [0.3, 0.4) is 0 Å². The number of phenols is 3. The van der Waals surface area contributed by atoms with Crippen LogP contribution < -0.4 is 0 Å². The molecule has 0 bridgehead atoms. The number of hydrogen-bond acceptors (Lipinski definition) is 3. The molecular weight excluding hydrogens is 168 g/mol. The largest absolute Gasteiger partial charge is 0.508 e. The molecule has 0 unspecified atom stereocenters.